The van der Waals surface area contributed by atoms with Crippen LogP contribution in [0.4, 0.5) is 11.4 Å². The summed E-state index contributed by atoms with van der Waals surface area (Å²) in [5.74, 6) is 0.244. The molecule has 1 aliphatic rings. The predicted molar refractivity (Wildman–Crippen MR) is 99.2 cm³/mol. The van der Waals surface area contributed by atoms with Gasteiger partial charge in [0, 0.05) is 31.0 Å². The lowest BCUT2D eigenvalue weighted by atomic mass is 10.2. The zero-order valence-electron chi connectivity index (χ0n) is 14.7. The van der Waals surface area contributed by atoms with Crippen molar-refractivity contribution in [2.24, 2.45) is 0 Å². The third-order valence-corrected chi connectivity index (χ3v) is 4.21. The number of hydrogen-bond donors (Lipinski definition) is 1. The zero-order valence-corrected chi connectivity index (χ0v) is 14.7. The van der Waals surface area contributed by atoms with Crippen LogP contribution in [0.2, 0.25) is 0 Å². The number of carbonyl (C=O) groups excluding carboxylic acids is 1. The molecule has 1 aliphatic heterocycles. The normalized spacial score (nSPS) is 14.1. The molecule has 1 aromatic carbocycles. The van der Waals surface area contributed by atoms with E-state index in [-0.39, 0.29) is 12.5 Å². The average Bonchev–Trinajstić information content (AvgIpc) is 3.18. The molecular weight excluding hydrogens is 346 g/mol. The molecule has 0 atom stereocenters. The number of rotatable bonds is 5. The molecule has 0 bridgehead atoms. The van der Waals surface area contributed by atoms with E-state index < -0.39 is 0 Å². The quantitative estimate of drug-likeness (QED) is 0.726. The molecule has 0 spiro atoms. The topological polar surface area (TPSA) is 98.1 Å². The van der Waals surface area contributed by atoms with Crippen LogP contribution >= 0.6 is 0 Å². The first-order valence-corrected chi connectivity index (χ1v) is 8.69. The maximum absolute atomic E-state index is 12.5. The van der Waals surface area contributed by atoms with Gasteiger partial charge in [-0.05, 0) is 29.5 Å². The minimum atomic E-state index is -0.214. The molecule has 3 aromatic rings. The molecule has 3 heterocycles. The molecule has 0 radical (unpaired) electrons. The third-order valence-electron chi connectivity index (χ3n) is 4.21. The van der Waals surface area contributed by atoms with Gasteiger partial charge in [0.05, 0.1) is 24.6 Å². The lowest BCUT2D eigenvalue weighted by Crippen LogP contribution is -2.36. The molecule has 138 valence electrons. The molecule has 0 aliphatic carbocycles. The Balaban J connectivity index is 1.44. The van der Waals surface area contributed by atoms with Gasteiger partial charge in [-0.15, -0.1) is 10.2 Å². The van der Waals surface area contributed by atoms with Crippen LogP contribution in [-0.2, 0) is 16.1 Å². The summed E-state index contributed by atoms with van der Waals surface area (Å²) in [5.41, 5.74) is 2.55. The van der Waals surface area contributed by atoms with Gasteiger partial charge in [0.25, 0.3) is 0 Å². The molecule has 9 nitrogen and oxygen atoms in total. The minimum Gasteiger partial charge on any atom is -0.378 e. The van der Waals surface area contributed by atoms with Gasteiger partial charge < -0.3 is 15.0 Å². The van der Waals surface area contributed by atoms with Crippen LogP contribution < -0.4 is 10.2 Å². The molecule has 1 N–H and O–H groups in total. The van der Waals surface area contributed by atoms with E-state index in [0.717, 1.165) is 30.0 Å². The van der Waals surface area contributed by atoms with Gasteiger partial charge in [-0.25, -0.2) is 0 Å². The lowest BCUT2D eigenvalue weighted by molar-refractivity contribution is -0.117. The van der Waals surface area contributed by atoms with E-state index in [2.05, 4.69) is 30.6 Å². The molecular formula is C18H19N7O2. The van der Waals surface area contributed by atoms with E-state index in [9.17, 15) is 4.79 Å². The Bertz CT molecular complexity index is 907. The first-order chi connectivity index (χ1) is 13.3. The van der Waals surface area contributed by atoms with Gasteiger partial charge in [0.15, 0.2) is 0 Å². The highest BCUT2D eigenvalue weighted by Gasteiger charge is 2.16. The van der Waals surface area contributed by atoms with Crippen molar-refractivity contribution in [2.75, 3.05) is 36.5 Å². The number of amides is 1. The highest BCUT2D eigenvalue weighted by atomic mass is 16.5. The fraction of sp³-hybridized carbons (Fsp3) is 0.278. The number of aromatic nitrogens is 5. The predicted octanol–water partition coefficient (Wildman–Crippen LogP) is 1.21. The van der Waals surface area contributed by atoms with Crippen molar-refractivity contribution in [1.82, 2.24) is 25.2 Å². The standard InChI is InChI=1S/C18H19N7O2/c26-17(13-25-22-18(21-23-25)14-5-7-19-8-6-14)20-15-3-1-2-4-16(15)24-9-11-27-12-10-24/h1-8H,9-13H2,(H,20,26). The smallest absolute Gasteiger partial charge is 0.248 e. The second-order valence-corrected chi connectivity index (χ2v) is 6.04. The molecule has 1 saturated heterocycles. The molecule has 4 rings (SSSR count). The molecule has 9 heteroatoms. The van der Waals surface area contributed by atoms with Gasteiger partial charge in [-0.3, -0.25) is 9.78 Å². The van der Waals surface area contributed by atoms with Gasteiger partial charge in [-0.2, -0.15) is 4.80 Å². The Kier molecular flexibility index (Phi) is 5.01. The summed E-state index contributed by atoms with van der Waals surface area (Å²) in [7, 11) is 0. The maximum Gasteiger partial charge on any atom is 0.248 e. The number of morpholine rings is 1. The highest BCUT2D eigenvalue weighted by molar-refractivity contribution is 5.94. The molecule has 1 amide bonds. The molecule has 0 saturated carbocycles. The number of benzene rings is 1. The molecule has 2 aromatic heterocycles. The summed E-state index contributed by atoms with van der Waals surface area (Å²) in [6.07, 6.45) is 3.32. The van der Waals surface area contributed by atoms with Gasteiger partial charge in [-0.1, -0.05) is 12.1 Å². The summed E-state index contributed by atoms with van der Waals surface area (Å²) in [6, 6.07) is 11.3. The van der Waals surface area contributed by atoms with Crippen molar-refractivity contribution in [3.8, 4) is 11.4 Å². The Hall–Kier alpha value is -3.33. The first-order valence-electron chi connectivity index (χ1n) is 8.69. The van der Waals surface area contributed by atoms with Crippen LogP contribution in [0.3, 0.4) is 0 Å². The van der Waals surface area contributed by atoms with Crippen LogP contribution in [0.1, 0.15) is 0 Å². The van der Waals surface area contributed by atoms with E-state index in [4.69, 9.17) is 4.74 Å². The van der Waals surface area contributed by atoms with Crippen molar-refractivity contribution in [3.63, 3.8) is 0 Å². The molecule has 1 fully saturated rings. The fourth-order valence-corrected chi connectivity index (χ4v) is 2.90. The lowest BCUT2D eigenvalue weighted by Gasteiger charge is -2.30. The van der Waals surface area contributed by atoms with Gasteiger partial charge >= 0.3 is 0 Å². The maximum atomic E-state index is 12.5. The minimum absolute atomic E-state index is 0.0183. The number of nitrogens with one attached hydrogen (secondary N) is 1. The number of pyridine rings is 1. The number of carbonyl (C=O) groups is 1. The Labute approximate surface area is 156 Å². The monoisotopic (exact) mass is 365 g/mol. The number of hydrogen-bond acceptors (Lipinski definition) is 7. The van der Waals surface area contributed by atoms with Crippen LogP contribution in [0, 0.1) is 0 Å². The third kappa shape index (κ3) is 4.09. The van der Waals surface area contributed by atoms with Crippen molar-refractivity contribution in [3.05, 3.63) is 48.8 Å². The SMILES string of the molecule is O=C(Cn1nnc(-c2ccncc2)n1)Nc1ccccc1N1CCOCC1. The summed E-state index contributed by atoms with van der Waals surface area (Å²) in [5, 5.41) is 15.1. The molecule has 27 heavy (non-hydrogen) atoms. The summed E-state index contributed by atoms with van der Waals surface area (Å²) in [4.78, 5) is 19.9. The van der Waals surface area contributed by atoms with Crippen molar-refractivity contribution >= 4 is 17.3 Å². The van der Waals surface area contributed by atoms with Crippen LogP contribution in [0.15, 0.2) is 48.8 Å². The summed E-state index contributed by atoms with van der Waals surface area (Å²) in [6.45, 7) is 2.95. The zero-order chi connectivity index (χ0) is 18.5. The van der Waals surface area contributed by atoms with E-state index >= 15 is 0 Å². The van der Waals surface area contributed by atoms with Crippen molar-refractivity contribution in [1.29, 1.82) is 0 Å². The number of tetrazole rings is 1. The summed E-state index contributed by atoms with van der Waals surface area (Å²) < 4.78 is 5.40. The Morgan fingerprint density at radius 1 is 1.11 bits per heavy atom. The van der Waals surface area contributed by atoms with Crippen LogP contribution in [-0.4, -0.2) is 57.4 Å². The van der Waals surface area contributed by atoms with Crippen molar-refractivity contribution in [2.45, 2.75) is 6.54 Å². The van der Waals surface area contributed by atoms with Gasteiger partial charge in [0.2, 0.25) is 11.7 Å². The van der Waals surface area contributed by atoms with E-state index in [1.54, 1.807) is 24.5 Å². The number of nitrogens with zero attached hydrogens (tertiary/aromatic N) is 6. The van der Waals surface area contributed by atoms with E-state index in [1.807, 2.05) is 24.3 Å². The van der Waals surface area contributed by atoms with E-state index in [0.29, 0.717) is 19.0 Å². The van der Waals surface area contributed by atoms with Gasteiger partial charge in [0.1, 0.15) is 6.54 Å². The number of anilines is 2. The Morgan fingerprint density at radius 2 is 1.89 bits per heavy atom. The van der Waals surface area contributed by atoms with E-state index in [1.165, 1.54) is 4.80 Å². The second-order valence-electron chi connectivity index (χ2n) is 6.04. The van der Waals surface area contributed by atoms with Crippen LogP contribution in [0.25, 0.3) is 11.4 Å². The van der Waals surface area contributed by atoms with Crippen LogP contribution in [0.5, 0.6) is 0 Å². The first kappa shape index (κ1) is 17.1. The summed E-state index contributed by atoms with van der Waals surface area (Å²) >= 11 is 0. The number of para-hydroxylation sites is 2. The second kappa shape index (κ2) is 7.92. The average molecular weight is 365 g/mol. The largest absolute Gasteiger partial charge is 0.378 e. The Morgan fingerprint density at radius 3 is 2.70 bits per heavy atom. The fourth-order valence-electron chi connectivity index (χ4n) is 2.90. The molecule has 0 unspecified atom stereocenters. The van der Waals surface area contributed by atoms with Crippen molar-refractivity contribution < 1.29 is 9.53 Å². The highest BCUT2D eigenvalue weighted by Crippen LogP contribution is 2.26. The number of ether oxygens (including phenoxy) is 1.